The molecular weight excluding hydrogens is 184 g/mol. The van der Waals surface area contributed by atoms with Crippen LogP contribution in [0.1, 0.15) is 66.2 Å². The van der Waals surface area contributed by atoms with E-state index in [0.29, 0.717) is 17.6 Å². The van der Waals surface area contributed by atoms with Gasteiger partial charge in [-0.2, -0.15) is 0 Å². The zero-order chi connectivity index (χ0) is 11.5. The first-order valence-corrected chi connectivity index (χ1v) is 6.18. The average molecular weight is 208 g/mol. The summed E-state index contributed by atoms with van der Waals surface area (Å²) < 4.78 is 0. The van der Waals surface area contributed by atoms with E-state index in [1.807, 2.05) is 6.92 Å². The fourth-order valence-corrected chi connectivity index (χ4v) is 2.67. The molecule has 0 spiro atoms. The van der Waals surface area contributed by atoms with Gasteiger partial charge in [-0.1, -0.05) is 31.9 Å². The topological polar surface area (TPSA) is 17.1 Å². The van der Waals surface area contributed by atoms with Crippen molar-refractivity contribution in [3.05, 3.63) is 11.1 Å². The molecular formula is C14H24O. The Hall–Kier alpha value is -0.590. The fourth-order valence-electron chi connectivity index (χ4n) is 2.67. The zero-order valence-electron chi connectivity index (χ0n) is 10.7. The van der Waals surface area contributed by atoms with Gasteiger partial charge in [-0.3, -0.25) is 4.79 Å². The van der Waals surface area contributed by atoms with Crippen molar-refractivity contribution >= 4 is 5.78 Å². The molecule has 0 saturated heterocycles. The molecule has 0 heterocycles. The molecule has 0 bridgehead atoms. The Labute approximate surface area is 93.9 Å². The molecule has 1 aliphatic rings. The highest BCUT2D eigenvalue weighted by molar-refractivity contribution is 5.78. The van der Waals surface area contributed by atoms with Gasteiger partial charge in [-0.25, -0.2) is 0 Å². The van der Waals surface area contributed by atoms with Gasteiger partial charge in [-0.15, -0.1) is 0 Å². The van der Waals surface area contributed by atoms with E-state index in [1.54, 1.807) is 5.57 Å². The standard InChI is InChI=1S/C14H24O/c1-5-12(15)8-9-13-11(2)7-6-10-14(13,3)4/h5-10H2,1-4H3. The normalized spacial score (nSPS) is 20.5. The lowest BCUT2D eigenvalue weighted by Crippen LogP contribution is -2.21. The molecule has 0 unspecified atom stereocenters. The SMILES string of the molecule is CCC(=O)CCC1=C(C)CCCC1(C)C. The van der Waals surface area contributed by atoms with Crippen molar-refractivity contribution in [2.75, 3.05) is 0 Å². The second kappa shape index (κ2) is 4.96. The predicted molar refractivity (Wildman–Crippen MR) is 64.9 cm³/mol. The van der Waals surface area contributed by atoms with Crippen LogP contribution in [0.4, 0.5) is 0 Å². The average Bonchev–Trinajstić information content (AvgIpc) is 2.15. The number of hydrogen-bond donors (Lipinski definition) is 0. The van der Waals surface area contributed by atoms with Gasteiger partial charge in [0.1, 0.15) is 5.78 Å². The van der Waals surface area contributed by atoms with Crippen LogP contribution in [-0.4, -0.2) is 5.78 Å². The molecule has 0 aromatic heterocycles. The fraction of sp³-hybridized carbons (Fsp3) is 0.786. The van der Waals surface area contributed by atoms with Crippen LogP contribution in [0.15, 0.2) is 11.1 Å². The Kier molecular flexibility index (Phi) is 4.12. The summed E-state index contributed by atoms with van der Waals surface area (Å²) >= 11 is 0. The summed E-state index contributed by atoms with van der Waals surface area (Å²) in [5.74, 6) is 0.400. The molecule has 1 rings (SSSR count). The van der Waals surface area contributed by atoms with E-state index in [1.165, 1.54) is 24.8 Å². The molecule has 15 heavy (non-hydrogen) atoms. The predicted octanol–water partition coefficient (Wildman–Crippen LogP) is 4.27. The highest BCUT2D eigenvalue weighted by atomic mass is 16.1. The van der Waals surface area contributed by atoms with E-state index in [4.69, 9.17) is 0 Å². The lowest BCUT2D eigenvalue weighted by atomic mass is 9.71. The van der Waals surface area contributed by atoms with Crippen molar-refractivity contribution in [1.82, 2.24) is 0 Å². The van der Waals surface area contributed by atoms with Gasteiger partial charge >= 0.3 is 0 Å². The van der Waals surface area contributed by atoms with E-state index in [9.17, 15) is 4.79 Å². The van der Waals surface area contributed by atoms with Crippen LogP contribution >= 0.6 is 0 Å². The van der Waals surface area contributed by atoms with Crippen LogP contribution in [0.3, 0.4) is 0 Å². The molecule has 0 aliphatic heterocycles. The number of ketones is 1. The minimum atomic E-state index is 0.330. The number of rotatable bonds is 4. The maximum absolute atomic E-state index is 11.3. The Balaban J connectivity index is 2.68. The number of carbonyl (C=O) groups excluding carboxylic acids is 1. The number of Topliss-reactive ketones (excluding diaryl/α,β-unsaturated/α-hetero) is 1. The lowest BCUT2D eigenvalue weighted by molar-refractivity contribution is -0.118. The summed E-state index contributed by atoms with van der Waals surface area (Å²) in [6.07, 6.45) is 6.24. The van der Waals surface area contributed by atoms with Crippen LogP contribution in [0.2, 0.25) is 0 Å². The third-order valence-corrected chi connectivity index (χ3v) is 3.73. The summed E-state index contributed by atoms with van der Waals surface area (Å²) in [6.45, 7) is 8.84. The van der Waals surface area contributed by atoms with Gasteiger partial charge in [0.15, 0.2) is 0 Å². The number of hydrogen-bond acceptors (Lipinski definition) is 1. The Bertz CT molecular complexity index is 271. The molecule has 0 saturated carbocycles. The molecule has 0 atom stereocenters. The van der Waals surface area contributed by atoms with Crippen LogP contribution in [0.25, 0.3) is 0 Å². The van der Waals surface area contributed by atoms with E-state index in [-0.39, 0.29) is 0 Å². The quantitative estimate of drug-likeness (QED) is 0.630. The van der Waals surface area contributed by atoms with E-state index < -0.39 is 0 Å². The molecule has 1 heteroatoms. The Morgan fingerprint density at radius 3 is 2.60 bits per heavy atom. The molecule has 0 N–H and O–H groups in total. The second-order valence-electron chi connectivity index (χ2n) is 5.39. The Morgan fingerprint density at radius 1 is 1.40 bits per heavy atom. The van der Waals surface area contributed by atoms with Gasteiger partial charge in [-0.05, 0) is 38.0 Å². The summed E-state index contributed by atoms with van der Waals surface area (Å²) in [7, 11) is 0. The van der Waals surface area contributed by atoms with Crippen LogP contribution < -0.4 is 0 Å². The lowest BCUT2D eigenvalue weighted by Gasteiger charge is -2.34. The minimum absolute atomic E-state index is 0.330. The highest BCUT2D eigenvalue weighted by Crippen LogP contribution is 2.42. The van der Waals surface area contributed by atoms with Crippen molar-refractivity contribution in [3.63, 3.8) is 0 Å². The van der Waals surface area contributed by atoms with Gasteiger partial charge < -0.3 is 0 Å². The zero-order valence-corrected chi connectivity index (χ0v) is 10.7. The summed E-state index contributed by atoms with van der Waals surface area (Å²) in [6, 6.07) is 0. The molecule has 1 nitrogen and oxygen atoms in total. The van der Waals surface area contributed by atoms with Crippen LogP contribution in [0, 0.1) is 5.41 Å². The summed E-state index contributed by atoms with van der Waals surface area (Å²) in [5.41, 5.74) is 3.42. The first-order chi connectivity index (χ1) is 6.97. The van der Waals surface area contributed by atoms with Crippen molar-refractivity contribution in [2.45, 2.75) is 66.2 Å². The second-order valence-corrected chi connectivity index (χ2v) is 5.39. The number of carbonyl (C=O) groups is 1. The van der Waals surface area contributed by atoms with Crippen LogP contribution in [-0.2, 0) is 4.79 Å². The Morgan fingerprint density at radius 2 is 2.07 bits per heavy atom. The molecule has 0 radical (unpaired) electrons. The van der Waals surface area contributed by atoms with E-state index >= 15 is 0 Å². The third-order valence-electron chi connectivity index (χ3n) is 3.73. The maximum Gasteiger partial charge on any atom is 0.132 e. The first kappa shape index (κ1) is 12.5. The maximum atomic E-state index is 11.3. The summed E-state index contributed by atoms with van der Waals surface area (Å²) in [4.78, 5) is 11.3. The molecule has 0 aromatic carbocycles. The largest absolute Gasteiger partial charge is 0.300 e. The molecule has 86 valence electrons. The molecule has 0 amide bonds. The third kappa shape index (κ3) is 3.19. The van der Waals surface area contributed by atoms with Crippen molar-refractivity contribution < 1.29 is 4.79 Å². The molecule has 0 fully saturated rings. The smallest absolute Gasteiger partial charge is 0.132 e. The van der Waals surface area contributed by atoms with Gasteiger partial charge in [0.05, 0.1) is 0 Å². The number of allylic oxidation sites excluding steroid dienone is 2. The van der Waals surface area contributed by atoms with Crippen molar-refractivity contribution in [1.29, 1.82) is 0 Å². The highest BCUT2D eigenvalue weighted by Gasteiger charge is 2.27. The monoisotopic (exact) mass is 208 g/mol. The minimum Gasteiger partial charge on any atom is -0.300 e. The molecule has 0 aromatic rings. The van der Waals surface area contributed by atoms with Gasteiger partial charge in [0, 0.05) is 12.8 Å². The van der Waals surface area contributed by atoms with E-state index in [2.05, 4.69) is 20.8 Å². The van der Waals surface area contributed by atoms with Crippen LogP contribution in [0.5, 0.6) is 0 Å². The van der Waals surface area contributed by atoms with Crippen molar-refractivity contribution in [2.24, 2.45) is 5.41 Å². The van der Waals surface area contributed by atoms with Crippen molar-refractivity contribution in [3.8, 4) is 0 Å². The van der Waals surface area contributed by atoms with Gasteiger partial charge in [0.2, 0.25) is 0 Å². The first-order valence-electron chi connectivity index (χ1n) is 6.18. The summed E-state index contributed by atoms with van der Waals surface area (Å²) in [5, 5.41) is 0. The van der Waals surface area contributed by atoms with E-state index in [0.717, 1.165) is 12.8 Å². The molecule has 1 aliphatic carbocycles. The van der Waals surface area contributed by atoms with Gasteiger partial charge in [0.25, 0.3) is 0 Å².